The van der Waals surface area contributed by atoms with Crippen molar-refractivity contribution >= 4 is 27.5 Å². The number of pyridine rings is 1. The zero-order valence-corrected chi connectivity index (χ0v) is 18.8. The number of carbonyl (C=O) groups excluding carboxylic acids is 1. The van der Waals surface area contributed by atoms with Crippen molar-refractivity contribution in [2.24, 2.45) is 0 Å². The summed E-state index contributed by atoms with van der Waals surface area (Å²) >= 11 is 1.68. The van der Waals surface area contributed by atoms with Crippen molar-refractivity contribution in [2.75, 3.05) is 25.7 Å². The van der Waals surface area contributed by atoms with E-state index in [1.807, 2.05) is 24.3 Å². The average Bonchev–Trinajstić information content (AvgIpc) is 2.71. The topological polar surface area (TPSA) is 115 Å². The third-order valence-corrected chi connectivity index (χ3v) is 7.97. The first-order valence-electron chi connectivity index (χ1n) is 9.19. The number of ether oxygens (including phenoxy) is 1. The van der Waals surface area contributed by atoms with Gasteiger partial charge in [0.1, 0.15) is 0 Å². The van der Waals surface area contributed by atoms with Crippen molar-refractivity contribution in [3.8, 4) is 11.1 Å². The molecular weight excluding hydrogens is 428 g/mol. The number of amides is 1. The molecule has 1 amide bonds. The van der Waals surface area contributed by atoms with Crippen molar-refractivity contribution in [1.82, 2.24) is 10.0 Å². The van der Waals surface area contributed by atoms with Crippen LogP contribution in [0, 0.1) is 0 Å². The van der Waals surface area contributed by atoms with Gasteiger partial charge in [-0.3, -0.25) is 14.8 Å². The zero-order chi connectivity index (χ0) is 22.4. The van der Waals surface area contributed by atoms with Crippen molar-refractivity contribution < 1.29 is 23.2 Å². The van der Waals surface area contributed by atoms with Crippen LogP contribution >= 0.6 is 11.8 Å². The number of sulfone groups is 1. The van der Waals surface area contributed by atoms with Gasteiger partial charge in [-0.25, -0.2) is 13.9 Å². The number of methoxy groups -OCH3 is 1. The van der Waals surface area contributed by atoms with E-state index in [0.29, 0.717) is 6.61 Å². The van der Waals surface area contributed by atoms with Crippen LogP contribution < -0.4 is 11.0 Å². The Morgan fingerprint density at radius 2 is 1.90 bits per heavy atom. The average molecular weight is 455 g/mol. The van der Waals surface area contributed by atoms with Crippen LogP contribution in [0.2, 0.25) is 0 Å². The standard InChI is InChI=1S/C20H26N2O6S2/c1-20(19(24)21-25,30(3,26)27)9-11-22-10-8-16(14-18(22)23)15-4-6-17(7-5-15)29-13-12-28-2/h4-8,10,14,25H,9,11-13H2,1-3H3,(H,21,24). The number of nitrogens with one attached hydrogen (secondary N) is 1. The van der Waals surface area contributed by atoms with E-state index in [-0.39, 0.29) is 18.5 Å². The van der Waals surface area contributed by atoms with Crippen molar-refractivity contribution in [3.05, 3.63) is 52.9 Å². The van der Waals surface area contributed by atoms with Gasteiger partial charge in [-0.05, 0) is 42.7 Å². The van der Waals surface area contributed by atoms with Gasteiger partial charge < -0.3 is 9.30 Å². The van der Waals surface area contributed by atoms with E-state index >= 15 is 0 Å². The maximum atomic E-state index is 12.5. The molecule has 1 atom stereocenters. The lowest BCUT2D eigenvalue weighted by Crippen LogP contribution is -2.49. The van der Waals surface area contributed by atoms with Crippen LogP contribution in [0.4, 0.5) is 0 Å². The molecule has 2 N–H and O–H groups in total. The highest BCUT2D eigenvalue weighted by Crippen LogP contribution is 2.24. The first-order chi connectivity index (χ1) is 14.1. The summed E-state index contributed by atoms with van der Waals surface area (Å²) < 4.78 is 28.6. The summed E-state index contributed by atoms with van der Waals surface area (Å²) in [4.78, 5) is 25.5. The van der Waals surface area contributed by atoms with Crippen LogP contribution in [0.15, 0.2) is 52.3 Å². The fourth-order valence-electron chi connectivity index (χ4n) is 2.78. The van der Waals surface area contributed by atoms with Gasteiger partial charge in [0, 0.05) is 42.8 Å². The van der Waals surface area contributed by atoms with Gasteiger partial charge in [0.25, 0.3) is 11.5 Å². The van der Waals surface area contributed by atoms with Crippen LogP contribution in [0.5, 0.6) is 0 Å². The first kappa shape index (κ1) is 24.1. The molecule has 0 aliphatic carbocycles. The fraction of sp³-hybridized carbons (Fsp3) is 0.400. The molecule has 164 valence electrons. The molecule has 10 heteroatoms. The molecule has 0 saturated heterocycles. The molecule has 1 unspecified atom stereocenters. The second-order valence-corrected chi connectivity index (χ2v) is 10.6. The van der Waals surface area contributed by atoms with E-state index in [4.69, 9.17) is 9.94 Å². The quantitative estimate of drug-likeness (QED) is 0.244. The Balaban J connectivity index is 2.15. The summed E-state index contributed by atoms with van der Waals surface area (Å²) in [5.41, 5.74) is 2.71. The lowest BCUT2D eigenvalue weighted by Gasteiger charge is -2.25. The summed E-state index contributed by atoms with van der Waals surface area (Å²) in [7, 11) is -2.16. The smallest absolute Gasteiger partial charge is 0.264 e. The predicted octanol–water partition coefficient (Wildman–Crippen LogP) is 1.95. The van der Waals surface area contributed by atoms with Crippen LogP contribution in [-0.4, -0.2) is 54.6 Å². The molecule has 2 aromatic rings. The molecular formula is C20H26N2O6S2. The molecule has 2 rings (SSSR count). The summed E-state index contributed by atoms with van der Waals surface area (Å²) in [5.74, 6) is -0.176. The molecule has 1 aromatic carbocycles. The van der Waals surface area contributed by atoms with Gasteiger partial charge in [0.15, 0.2) is 14.6 Å². The van der Waals surface area contributed by atoms with Crippen LogP contribution in [0.25, 0.3) is 11.1 Å². The molecule has 0 saturated carbocycles. The number of hydroxylamine groups is 1. The summed E-state index contributed by atoms with van der Waals surface area (Å²) in [5, 5.41) is 8.89. The number of rotatable bonds is 10. The third kappa shape index (κ3) is 5.72. The molecule has 0 fully saturated rings. The Bertz CT molecular complexity index is 1030. The van der Waals surface area contributed by atoms with Gasteiger partial charge >= 0.3 is 0 Å². The minimum Gasteiger partial charge on any atom is -0.384 e. The molecule has 0 aliphatic heterocycles. The number of thioether (sulfide) groups is 1. The van der Waals surface area contributed by atoms with E-state index < -0.39 is 20.5 Å². The minimum atomic E-state index is -3.82. The molecule has 1 heterocycles. The highest BCUT2D eigenvalue weighted by Gasteiger charge is 2.43. The second kappa shape index (κ2) is 10.3. The maximum Gasteiger partial charge on any atom is 0.264 e. The molecule has 1 aromatic heterocycles. The van der Waals surface area contributed by atoms with E-state index in [2.05, 4.69) is 0 Å². The Morgan fingerprint density at radius 1 is 1.23 bits per heavy atom. The van der Waals surface area contributed by atoms with Gasteiger partial charge in [-0.2, -0.15) is 0 Å². The molecule has 30 heavy (non-hydrogen) atoms. The fourth-order valence-corrected chi connectivity index (χ4v) is 4.44. The lowest BCUT2D eigenvalue weighted by molar-refractivity contribution is -0.131. The molecule has 0 bridgehead atoms. The third-order valence-electron chi connectivity index (χ3n) is 4.97. The van der Waals surface area contributed by atoms with Crippen LogP contribution in [-0.2, 0) is 25.9 Å². The number of hydrogen-bond donors (Lipinski definition) is 2. The van der Waals surface area contributed by atoms with Gasteiger partial charge in [-0.1, -0.05) is 12.1 Å². The number of aromatic nitrogens is 1. The highest BCUT2D eigenvalue weighted by atomic mass is 32.2. The lowest BCUT2D eigenvalue weighted by atomic mass is 10.1. The second-order valence-electron chi connectivity index (χ2n) is 7.01. The van der Waals surface area contributed by atoms with Crippen molar-refractivity contribution in [3.63, 3.8) is 0 Å². The summed E-state index contributed by atoms with van der Waals surface area (Å²) in [6, 6.07) is 11.1. The number of hydrogen-bond acceptors (Lipinski definition) is 7. The predicted molar refractivity (Wildman–Crippen MR) is 117 cm³/mol. The molecule has 8 nitrogen and oxygen atoms in total. The van der Waals surface area contributed by atoms with E-state index in [9.17, 15) is 18.0 Å². The molecule has 0 spiro atoms. The normalized spacial score (nSPS) is 13.6. The van der Waals surface area contributed by atoms with E-state index in [1.165, 1.54) is 23.0 Å². The van der Waals surface area contributed by atoms with Gasteiger partial charge in [0.2, 0.25) is 0 Å². The van der Waals surface area contributed by atoms with Crippen LogP contribution in [0.3, 0.4) is 0 Å². The minimum absolute atomic E-state index is 0.00514. The number of aryl methyl sites for hydroxylation is 1. The zero-order valence-electron chi connectivity index (χ0n) is 17.1. The van der Waals surface area contributed by atoms with Gasteiger partial charge in [0.05, 0.1) is 6.61 Å². The Morgan fingerprint density at radius 3 is 2.43 bits per heavy atom. The van der Waals surface area contributed by atoms with Crippen LogP contribution in [0.1, 0.15) is 13.3 Å². The Labute approximate surface area is 180 Å². The van der Waals surface area contributed by atoms with Crippen molar-refractivity contribution in [2.45, 2.75) is 29.5 Å². The monoisotopic (exact) mass is 454 g/mol. The summed E-state index contributed by atoms with van der Waals surface area (Å²) in [6.07, 6.45) is 2.33. The van der Waals surface area contributed by atoms with Crippen molar-refractivity contribution in [1.29, 1.82) is 0 Å². The highest BCUT2D eigenvalue weighted by molar-refractivity contribution is 7.99. The van der Waals surface area contributed by atoms with E-state index in [1.54, 1.807) is 31.1 Å². The largest absolute Gasteiger partial charge is 0.384 e. The molecule has 0 aliphatic rings. The Hall–Kier alpha value is -2.14. The summed E-state index contributed by atoms with van der Waals surface area (Å²) in [6.45, 7) is 1.90. The van der Waals surface area contributed by atoms with Gasteiger partial charge in [-0.15, -0.1) is 11.8 Å². The molecule has 0 radical (unpaired) electrons. The number of benzene rings is 1. The SMILES string of the molecule is COCCSc1ccc(-c2ccn(CCC(C)(C(=O)NO)S(C)(=O)=O)c(=O)c2)cc1. The Kier molecular flexibility index (Phi) is 8.25. The maximum absolute atomic E-state index is 12.5. The number of carbonyl (C=O) groups is 1. The number of nitrogens with zero attached hydrogens (tertiary/aromatic N) is 1. The van der Waals surface area contributed by atoms with E-state index in [0.717, 1.165) is 28.0 Å². The first-order valence-corrected chi connectivity index (χ1v) is 12.1.